The van der Waals surface area contributed by atoms with Crippen molar-refractivity contribution >= 4 is 11.9 Å². The van der Waals surface area contributed by atoms with Crippen LogP contribution in [-0.2, 0) is 16.1 Å². The molecule has 2 aliphatic carbocycles. The molecule has 1 heterocycles. The lowest BCUT2D eigenvalue weighted by Gasteiger charge is -2.18. The maximum atomic E-state index is 10.6. The van der Waals surface area contributed by atoms with E-state index >= 15 is 0 Å². The first-order valence-corrected chi connectivity index (χ1v) is 9.35. The molecule has 0 aliphatic heterocycles. The van der Waals surface area contributed by atoms with Gasteiger partial charge >= 0.3 is 24.3 Å². The van der Waals surface area contributed by atoms with E-state index < -0.39 is 24.3 Å². The summed E-state index contributed by atoms with van der Waals surface area (Å²) in [6.07, 6.45) is 1.10. The molecule has 0 bridgehead atoms. The van der Waals surface area contributed by atoms with Crippen molar-refractivity contribution in [2.45, 2.75) is 51.0 Å². The number of pyridine rings is 1. The van der Waals surface area contributed by atoms with Crippen LogP contribution in [0.3, 0.4) is 0 Å². The Balaban J connectivity index is 0.000000288. The van der Waals surface area contributed by atoms with E-state index in [0.29, 0.717) is 0 Å². The van der Waals surface area contributed by atoms with Crippen LogP contribution in [-0.4, -0.2) is 58.0 Å². The van der Waals surface area contributed by atoms with Crippen molar-refractivity contribution in [2.75, 3.05) is 13.6 Å². The molecule has 0 radical (unpaired) electrons. The van der Waals surface area contributed by atoms with Gasteiger partial charge in [-0.15, -0.1) is 0 Å². The summed E-state index contributed by atoms with van der Waals surface area (Å²) in [6, 6.07) is 4.19. The van der Waals surface area contributed by atoms with E-state index in [2.05, 4.69) is 23.0 Å². The van der Waals surface area contributed by atoms with E-state index in [0.717, 1.165) is 17.9 Å². The van der Waals surface area contributed by atoms with Gasteiger partial charge in [0.1, 0.15) is 0 Å². The summed E-state index contributed by atoms with van der Waals surface area (Å²) in [6.45, 7) is 2.31. The number of aromatic nitrogens is 1. The minimum absolute atomic E-state index is 0.781. The summed E-state index contributed by atoms with van der Waals surface area (Å²) in [5.74, 6) is -4.54. The molecule has 31 heavy (non-hydrogen) atoms. The zero-order valence-corrected chi connectivity index (χ0v) is 16.7. The Morgan fingerprint density at radius 2 is 1.58 bits per heavy atom. The highest BCUT2D eigenvalue weighted by Gasteiger charge is 2.54. The molecule has 1 spiro atoms. The van der Waals surface area contributed by atoms with Crippen molar-refractivity contribution < 1.29 is 46.1 Å². The fourth-order valence-corrected chi connectivity index (χ4v) is 3.63. The van der Waals surface area contributed by atoms with E-state index in [1.807, 2.05) is 18.5 Å². The minimum atomic E-state index is -5.08. The maximum absolute atomic E-state index is 10.6. The second-order valence-corrected chi connectivity index (χ2v) is 7.63. The lowest BCUT2D eigenvalue weighted by Crippen LogP contribution is -2.22. The van der Waals surface area contributed by atoms with E-state index in [1.54, 1.807) is 0 Å². The highest BCUT2D eigenvalue weighted by atomic mass is 19.4. The first-order chi connectivity index (χ1) is 14.2. The molecule has 1 atom stereocenters. The van der Waals surface area contributed by atoms with Crippen LogP contribution < -0.4 is 0 Å². The van der Waals surface area contributed by atoms with Crippen LogP contribution in [0.4, 0.5) is 26.3 Å². The van der Waals surface area contributed by atoms with Gasteiger partial charge in [-0.3, -0.25) is 4.98 Å². The summed E-state index contributed by atoms with van der Waals surface area (Å²) < 4.78 is 63.5. The molecule has 12 heteroatoms. The van der Waals surface area contributed by atoms with Crippen molar-refractivity contribution in [3.8, 4) is 0 Å². The molecule has 0 aromatic carbocycles. The van der Waals surface area contributed by atoms with Gasteiger partial charge in [0.05, 0.1) is 0 Å². The number of alkyl halides is 6. The monoisotopic (exact) mass is 458 g/mol. The van der Waals surface area contributed by atoms with Crippen molar-refractivity contribution in [3.05, 3.63) is 30.1 Å². The Bertz CT molecular complexity index is 694. The number of hydrogen-bond donors (Lipinski definition) is 2. The molecule has 2 saturated carbocycles. The van der Waals surface area contributed by atoms with Crippen LogP contribution in [0.15, 0.2) is 24.5 Å². The molecule has 2 aliphatic rings. The predicted molar refractivity (Wildman–Crippen MR) is 97.0 cm³/mol. The number of nitrogens with zero attached hydrogens (tertiary/aromatic N) is 2. The molecule has 3 rings (SSSR count). The Morgan fingerprint density at radius 1 is 1.10 bits per heavy atom. The molecule has 0 saturated heterocycles. The Hall–Kier alpha value is -2.37. The lowest BCUT2D eigenvalue weighted by molar-refractivity contribution is -0.193. The van der Waals surface area contributed by atoms with Crippen molar-refractivity contribution in [1.82, 2.24) is 9.88 Å². The summed E-state index contributed by atoms with van der Waals surface area (Å²) in [5.41, 5.74) is 2.11. The fourth-order valence-electron chi connectivity index (χ4n) is 3.63. The van der Waals surface area contributed by atoms with Crippen LogP contribution in [0.25, 0.3) is 0 Å². The Labute approximate surface area is 174 Å². The first kappa shape index (κ1) is 26.7. The summed E-state index contributed by atoms with van der Waals surface area (Å²) >= 11 is 0. The number of halogens is 6. The first-order valence-electron chi connectivity index (χ1n) is 9.35. The quantitative estimate of drug-likeness (QED) is 0.652. The number of carboxylic acids is 2. The zero-order chi connectivity index (χ0) is 23.9. The van der Waals surface area contributed by atoms with E-state index in [4.69, 9.17) is 19.8 Å². The molecule has 0 amide bonds. The SMILES string of the molecule is CN(Cc1cccnc1)CC1CC12CCCC2.O=C(O)C(F)(F)F.O=C(O)C(F)(F)F. The summed E-state index contributed by atoms with van der Waals surface area (Å²) in [4.78, 5) is 24.4. The van der Waals surface area contributed by atoms with Crippen molar-refractivity contribution in [3.63, 3.8) is 0 Å². The van der Waals surface area contributed by atoms with E-state index in [-0.39, 0.29) is 0 Å². The minimum Gasteiger partial charge on any atom is -0.475 e. The van der Waals surface area contributed by atoms with E-state index in [9.17, 15) is 26.3 Å². The topological polar surface area (TPSA) is 90.7 Å². The van der Waals surface area contributed by atoms with Gasteiger partial charge in [-0.2, -0.15) is 26.3 Å². The van der Waals surface area contributed by atoms with Crippen LogP contribution in [0, 0.1) is 11.3 Å². The molecule has 176 valence electrons. The average molecular weight is 458 g/mol. The third-order valence-electron chi connectivity index (χ3n) is 5.15. The number of carboxylic acid groups (broad SMARTS) is 2. The van der Waals surface area contributed by atoms with Gasteiger partial charge in [0.15, 0.2) is 0 Å². The molecule has 2 fully saturated rings. The summed E-state index contributed by atoms with van der Waals surface area (Å²) in [5, 5.41) is 14.2. The second kappa shape index (κ2) is 10.8. The molecule has 6 nitrogen and oxygen atoms in total. The smallest absolute Gasteiger partial charge is 0.475 e. The molecule has 2 N–H and O–H groups in total. The zero-order valence-electron chi connectivity index (χ0n) is 16.7. The number of carbonyl (C=O) groups is 2. The maximum Gasteiger partial charge on any atom is 0.490 e. The number of hydrogen-bond acceptors (Lipinski definition) is 4. The van der Waals surface area contributed by atoms with Crippen LogP contribution >= 0.6 is 0 Å². The number of aliphatic carboxylic acids is 2. The van der Waals surface area contributed by atoms with Gasteiger partial charge in [0.2, 0.25) is 0 Å². The highest BCUT2D eigenvalue weighted by molar-refractivity contribution is 5.73. The van der Waals surface area contributed by atoms with Gasteiger partial charge < -0.3 is 15.1 Å². The molecule has 1 unspecified atom stereocenters. The molecular formula is C19H24F6N2O4. The van der Waals surface area contributed by atoms with Crippen molar-refractivity contribution in [2.24, 2.45) is 11.3 Å². The normalized spacial score (nSPS) is 19.2. The highest BCUT2D eigenvalue weighted by Crippen LogP contribution is 2.62. The van der Waals surface area contributed by atoms with Crippen molar-refractivity contribution in [1.29, 1.82) is 0 Å². The molecular weight excluding hydrogens is 434 g/mol. The molecule has 1 aromatic rings. The Kier molecular flexibility index (Phi) is 9.27. The lowest BCUT2D eigenvalue weighted by atomic mass is 10.0. The van der Waals surface area contributed by atoms with Gasteiger partial charge in [0.25, 0.3) is 0 Å². The largest absolute Gasteiger partial charge is 0.490 e. The fraction of sp³-hybridized carbons (Fsp3) is 0.632. The summed E-state index contributed by atoms with van der Waals surface area (Å²) in [7, 11) is 2.24. The Morgan fingerprint density at radius 3 is 1.97 bits per heavy atom. The van der Waals surface area contributed by atoms with Gasteiger partial charge in [-0.1, -0.05) is 18.9 Å². The van der Waals surface area contributed by atoms with Gasteiger partial charge in [-0.25, -0.2) is 9.59 Å². The van der Waals surface area contributed by atoms with E-state index in [1.165, 1.54) is 44.2 Å². The predicted octanol–water partition coefficient (Wildman–Crippen LogP) is 4.36. The number of rotatable bonds is 4. The van der Waals surface area contributed by atoms with Gasteiger partial charge in [0, 0.05) is 25.5 Å². The van der Waals surface area contributed by atoms with Crippen LogP contribution in [0.2, 0.25) is 0 Å². The van der Waals surface area contributed by atoms with Crippen LogP contribution in [0.1, 0.15) is 37.7 Å². The average Bonchev–Trinajstić information content (AvgIpc) is 3.07. The third-order valence-corrected chi connectivity index (χ3v) is 5.15. The standard InChI is InChI=1S/C15H22N2.2C2HF3O2/c1-17(11-13-5-4-8-16-10-13)12-14-9-15(14)6-2-3-7-15;2*3-2(4,5)1(6)7/h4-5,8,10,14H,2-3,6-7,9,11-12H2,1H3;2*(H,6,7). The van der Waals surface area contributed by atoms with Gasteiger partial charge in [-0.05, 0) is 49.3 Å². The van der Waals surface area contributed by atoms with Crippen LogP contribution in [0.5, 0.6) is 0 Å². The second-order valence-electron chi connectivity index (χ2n) is 7.63. The third kappa shape index (κ3) is 9.53. The molecule has 1 aromatic heterocycles.